The van der Waals surface area contributed by atoms with Gasteiger partial charge in [-0.2, -0.15) is 4.98 Å². The Labute approximate surface area is 272 Å². The van der Waals surface area contributed by atoms with E-state index in [1.807, 2.05) is 36.9 Å². The normalized spacial score (nSPS) is 24.3. The summed E-state index contributed by atoms with van der Waals surface area (Å²) in [6.45, 7) is 10.2. The molecule has 3 heterocycles. The maximum Gasteiger partial charge on any atom is 0.264 e. The molecule has 244 valence electrons. The van der Waals surface area contributed by atoms with Gasteiger partial charge in [-0.05, 0) is 86.6 Å². The Bertz CT molecular complexity index is 1720. The Kier molecular flexibility index (Phi) is 8.08. The summed E-state index contributed by atoms with van der Waals surface area (Å²) >= 11 is 0. The molecule has 6 bridgehead atoms. The highest BCUT2D eigenvalue weighted by Crippen LogP contribution is 2.55. The number of nitrogens with zero attached hydrogens (tertiary/aromatic N) is 4. The molecule has 10 heteroatoms. The third-order valence-electron chi connectivity index (χ3n) is 10.6. The molecule has 9 nitrogen and oxygen atoms in total. The van der Waals surface area contributed by atoms with Crippen molar-refractivity contribution in [1.82, 2.24) is 19.8 Å². The Hall–Kier alpha value is -3.50. The van der Waals surface area contributed by atoms with E-state index in [1.54, 1.807) is 18.2 Å². The van der Waals surface area contributed by atoms with E-state index in [0.29, 0.717) is 41.7 Å². The molecule has 3 fully saturated rings. The number of amides is 1. The number of aryl methyl sites for hydroxylation is 2. The molecule has 1 amide bonds. The van der Waals surface area contributed by atoms with E-state index in [2.05, 4.69) is 33.4 Å². The van der Waals surface area contributed by atoms with Crippen LogP contribution in [-0.4, -0.2) is 71.9 Å². The summed E-state index contributed by atoms with van der Waals surface area (Å²) in [4.78, 5) is 28.1. The van der Waals surface area contributed by atoms with Crippen LogP contribution in [0, 0.1) is 25.2 Å². The molecule has 2 saturated carbocycles. The summed E-state index contributed by atoms with van der Waals surface area (Å²) in [5.41, 5.74) is 4.37. The number of anilines is 1. The average molecular weight is 644 g/mol. The first-order chi connectivity index (χ1) is 22.0. The van der Waals surface area contributed by atoms with Crippen LogP contribution in [0.15, 0.2) is 53.4 Å². The molecule has 0 radical (unpaired) electrons. The highest BCUT2D eigenvalue weighted by atomic mass is 32.2. The van der Waals surface area contributed by atoms with Gasteiger partial charge in [0.15, 0.2) is 0 Å². The smallest absolute Gasteiger partial charge is 0.264 e. The van der Waals surface area contributed by atoms with Gasteiger partial charge < -0.3 is 9.64 Å². The number of sulfonamides is 1. The Morgan fingerprint density at radius 3 is 2.41 bits per heavy atom. The van der Waals surface area contributed by atoms with Crippen molar-refractivity contribution in [1.29, 1.82) is 0 Å². The van der Waals surface area contributed by atoms with Gasteiger partial charge in [-0.3, -0.25) is 9.69 Å². The van der Waals surface area contributed by atoms with Crippen LogP contribution in [0.3, 0.4) is 0 Å². The van der Waals surface area contributed by atoms with Crippen molar-refractivity contribution in [3.63, 3.8) is 0 Å². The number of nitrogens with one attached hydrogen (secondary N) is 1. The van der Waals surface area contributed by atoms with Crippen LogP contribution >= 0.6 is 0 Å². The summed E-state index contributed by atoms with van der Waals surface area (Å²) in [7, 11) is -4.10. The Morgan fingerprint density at radius 2 is 1.70 bits per heavy atom. The van der Waals surface area contributed by atoms with Crippen LogP contribution in [0.5, 0.6) is 5.88 Å². The average Bonchev–Trinajstić information content (AvgIpc) is 3.41. The maximum atomic E-state index is 14.4. The second-order valence-electron chi connectivity index (χ2n) is 14.5. The van der Waals surface area contributed by atoms with E-state index in [9.17, 15) is 13.2 Å². The summed E-state index contributed by atoms with van der Waals surface area (Å²) < 4.78 is 36.6. The first kappa shape index (κ1) is 31.1. The standard InChI is InChI=1S/C36H45N5O4S/c1-23(2)15-27-20-40(28-18-36(19-28)13-5-6-14-36)21-29-22-41(27)34(42)26-11-8-12-30(16-26)46(43,44)39-35-37-31(17-32(38-35)45-29)33-24(3)9-7-10-25(33)4/h7-12,16-17,23,27-29H,5-6,13-15,18-22H2,1-4H3,(H,37,38,39)/t27-,29+/m0/s1. The van der Waals surface area contributed by atoms with Crippen LogP contribution in [0.1, 0.15) is 80.3 Å². The molecule has 2 atom stereocenters. The van der Waals surface area contributed by atoms with E-state index in [4.69, 9.17) is 4.74 Å². The topological polar surface area (TPSA) is 105 Å². The predicted molar refractivity (Wildman–Crippen MR) is 178 cm³/mol. The fourth-order valence-electron chi connectivity index (χ4n) is 8.42. The summed E-state index contributed by atoms with van der Waals surface area (Å²) in [6, 6.07) is 14.6. The molecule has 3 aromatic rings. The quantitative estimate of drug-likeness (QED) is 0.360. The number of carbonyl (C=O) groups excluding carboxylic acids is 1. The number of ether oxygens (including phenoxy) is 1. The minimum atomic E-state index is -4.10. The number of benzene rings is 2. The SMILES string of the molecule is Cc1cccc(C)c1-c1cc2nc(n1)NS(=O)(=O)c1cccc(c1)C(=O)N1C[C@@H](CN(C3CC4(CCCC4)C3)C[C@@H]1CC(C)C)O2. The van der Waals surface area contributed by atoms with Crippen molar-refractivity contribution >= 4 is 21.9 Å². The highest BCUT2D eigenvalue weighted by molar-refractivity contribution is 7.92. The predicted octanol–water partition coefficient (Wildman–Crippen LogP) is 6.22. The molecule has 7 rings (SSSR count). The zero-order chi connectivity index (χ0) is 32.2. The largest absolute Gasteiger partial charge is 0.471 e. The molecule has 1 spiro atoms. The monoisotopic (exact) mass is 643 g/mol. The molecular formula is C36H45N5O4S. The van der Waals surface area contributed by atoms with E-state index in [1.165, 1.54) is 50.7 Å². The second-order valence-corrected chi connectivity index (χ2v) is 16.2. The van der Waals surface area contributed by atoms with E-state index >= 15 is 0 Å². The minimum Gasteiger partial charge on any atom is -0.471 e. The van der Waals surface area contributed by atoms with E-state index in [-0.39, 0.29) is 34.8 Å². The van der Waals surface area contributed by atoms with Gasteiger partial charge in [0.05, 0.1) is 17.1 Å². The van der Waals surface area contributed by atoms with Crippen molar-refractivity contribution in [3.8, 4) is 17.1 Å². The van der Waals surface area contributed by atoms with Crippen molar-refractivity contribution in [2.24, 2.45) is 11.3 Å². The number of hydrogen-bond acceptors (Lipinski definition) is 7. The molecule has 2 aliphatic heterocycles. The third kappa shape index (κ3) is 6.01. The number of carbonyl (C=O) groups is 1. The highest BCUT2D eigenvalue weighted by Gasteiger charge is 2.49. The van der Waals surface area contributed by atoms with Gasteiger partial charge in [-0.1, -0.05) is 51.0 Å². The molecule has 0 unspecified atom stereocenters. The van der Waals surface area contributed by atoms with Gasteiger partial charge in [0, 0.05) is 42.4 Å². The zero-order valence-electron chi connectivity index (χ0n) is 27.3. The summed E-state index contributed by atoms with van der Waals surface area (Å²) in [6.07, 6.45) is 8.22. The van der Waals surface area contributed by atoms with Gasteiger partial charge in [0.2, 0.25) is 11.8 Å². The molecule has 1 N–H and O–H groups in total. The van der Waals surface area contributed by atoms with Crippen molar-refractivity contribution in [2.75, 3.05) is 24.4 Å². The summed E-state index contributed by atoms with van der Waals surface area (Å²) in [5, 5.41) is 0. The minimum absolute atomic E-state index is 0.00845. The second kappa shape index (κ2) is 11.9. The van der Waals surface area contributed by atoms with Gasteiger partial charge in [0.25, 0.3) is 15.9 Å². The number of rotatable bonds is 4. The van der Waals surface area contributed by atoms with Crippen molar-refractivity contribution in [3.05, 3.63) is 65.2 Å². The third-order valence-corrected chi connectivity index (χ3v) is 11.9. The zero-order valence-corrected chi connectivity index (χ0v) is 28.1. The van der Waals surface area contributed by atoms with Crippen LogP contribution in [0.4, 0.5) is 5.95 Å². The molecule has 4 aliphatic rings. The maximum absolute atomic E-state index is 14.4. The molecule has 1 saturated heterocycles. The van der Waals surface area contributed by atoms with Crippen LogP contribution in [0.2, 0.25) is 0 Å². The van der Waals surface area contributed by atoms with Gasteiger partial charge >= 0.3 is 0 Å². The lowest BCUT2D eigenvalue weighted by Gasteiger charge is -2.51. The number of aromatic nitrogens is 2. The van der Waals surface area contributed by atoms with Crippen LogP contribution in [-0.2, 0) is 10.0 Å². The van der Waals surface area contributed by atoms with E-state index < -0.39 is 10.0 Å². The molecule has 2 aromatic carbocycles. The first-order valence-corrected chi connectivity index (χ1v) is 18.3. The number of fused-ring (bicyclic) bond motifs is 6. The van der Waals surface area contributed by atoms with Crippen LogP contribution in [0.25, 0.3) is 11.3 Å². The van der Waals surface area contributed by atoms with Gasteiger partial charge in [-0.25, -0.2) is 18.1 Å². The molecule has 46 heavy (non-hydrogen) atoms. The molecule has 1 aromatic heterocycles. The fourth-order valence-corrected chi connectivity index (χ4v) is 9.41. The van der Waals surface area contributed by atoms with Gasteiger partial charge in [0.1, 0.15) is 6.10 Å². The van der Waals surface area contributed by atoms with Gasteiger partial charge in [-0.15, -0.1) is 0 Å². The first-order valence-electron chi connectivity index (χ1n) is 16.8. The van der Waals surface area contributed by atoms with Crippen molar-refractivity contribution in [2.45, 2.75) is 95.7 Å². The lowest BCUT2D eigenvalue weighted by molar-refractivity contribution is -0.00992. The summed E-state index contributed by atoms with van der Waals surface area (Å²) in [5.74, 6) is 0.432. The molecular weight excluding hydrogens is 598 g/mol. The number of hydrogen-bond donors (Lipinski definition) is 1. The lowest BCUT2D eigenvalue weighted by Crippen LogP contribution is -2.54. The van der Waals surface area contributed by atoms with Crippen molar-refractivity contribution < 1.29 is 17.9 Å². The van der Waals surface area contributed by atoms with E-state index in [0.717, 1.165) is 29.7 Å². The Morgan fingerprint density at radius 1 is 0.978 bits per heavy atom. The molecule has 2 aliphatic carbocycles. The fraction of sp³-hybridized carbons (Fsp3) is 0.528. The Balaban J connectivity index is 1.34. The lowest BCUT2D eigenvalue weighted by atomic mass is 9.63. The van der Waals surface area contributed by atoms with Crippen LogP contribution < -0.4 is 9.46 Å².